The highest BCUT2D eigenvalue weighted by molar-refractivity contribution is 6.30. The Hall–Kier alpha value is -2.90. The minimum Gasteiger partial charge on any atom is -0.496 e. The summed E-state index contributed by atoms with van der Waals surface area (Å²) in [6, 6.07) is 12.8. The highest BCUT2D eigenvalue weighted by atomic mass is 35.5. The number of methoxy groups -OCH3 is 1. The molecule has 0 bridgehead atoms. The first kappa shape index (κ1) is 19.4. The van der Waals surface area contributed by atoms with Crippen LogP contribution >= 0.6 is 11.6 Å². The highest BCUT2D eigenvalue weighted by Crippen LogP contribution is 2.35. The van der Waals surface area contributed by atoms with Gasteiger partial charge in [0.1, 0.15) is 11.4 Å². The van der Waals surface area contributed by atoms with Gasteiger partial charge in [0.2, 0.25) is 0 Å². The third-order valence-electron chi connectivity index (χ3n) is 5.27. The molecule has 1 saturated heterocycles. The van der Waals surface area contributed by atoms with Gasteiger partial charge in [0.15, 0.2) is 0 Å². The number of halogens is 1. The van der Waals surface area contributed by atoms with Crippen LogP contribution in [0.1, 0.15) is 5.56 Å². The van der Waals surface area contributed by atoms with Crippen molar-refractivity contribution in [2.24, 2.45) is 0 Å². The lowest BCUT2D eigenvalue weighted by molar-refractivity contribution is -0.382. The predicted octanol–water partition coefficient (Wildman–Crippen LogP) is 4.13. The lowest BCUT2D eigenvalue weighted by Gasteiger charge is -2.36. The lowest BCUT2D eigenvalue weighted by atomic mass is 10.1. The van der Waals surface area contributed by atoms with Crippen LogP contribution in [0, 0.1) is 10.1 Å². The minimum atomic E-state index is -0.303. The maximum Gasteiger partial charge on any atom is 0.301 e. The molecule has 0 atom stereocenters. The molecule has 1 aliphatic heterocycles. The number of pyridine rings is 1. The van der Waals surface area contributed by atoms with Crippen molar-refractivity contribution in [1.29, 1.82) is 0 Å². The Bertz CT molecular complexity index is 1050. The van der Waals surface area contributed by atoms with Crippen molar-refractivity contribution >= 4 is 33.9 Å². The highest BCUT2D eigenvalue weighted by Gasteiger charge is 2.26. The second-order valence-corrected chi connectivity index (χ2v) is 7.42. The maximum atomic E-state index is 11.8. The standard InChI is InChI=1S/C21H21ClN4O3/c1-29-20-7-4-16(22)13-15(20)14-24-9-11-25(12-10-24)19-6-5-18-17(3-2-8-23-18)21(19)26(27)28/h2-8,13H,9-12,14H2,1H3. The number of nitro benzene ring substituents is 1. The zero-order valence-electron chi connectivity index (χ0n) is 16.0. The van der Waals surface area contributed by atoms with Crippen LogP contribution < -0.4 is 9.64 Å². The number of ether oxygens (including phenoxy) is 1. The van der Waals surface area contributed by atoms with Gasteiger partial charge in [-0.3, -0.25) is 20.0 Å². The van der Waals surface area contributed by atoms with Crippen molar-refractivity contribution in [2.75, 3.05) is 38.2 Å². The van der Waals surface area contributed by atoms with Crippen molar-refractivity contribution in [3.8, 4) is 5.75 Å². The zero-order valence-corrected chi connectivity index (χ0v) is 16.8. The fraction of sp³-hybridized carbons (Fsp3) is 0.286. The average molecular weight is 413 g/mol. The molecular formula is C21H21ClN4O3. The number of benzene rings is 2. The fourth-order valence-electron chi connectivity index (χ4n) is 3.83. The molecule has 0 amide bonds. The van der Waals surface area contributed by atoms with Crippen LogP contribution in [-0.2, 0) is 6.54 Å². The van der Waals surface area contributed by atoms with E-state index in [2.05, 4.69) is 14.8 Å². The molecule has 0 aliphatic carbocycles. The zero-order chi connectivity index (χ0) is 20.4. The maximum absolute atomic E-state index is 11.8. The molecule has 1 aliphatic rings. The van der Waals surface area contributed by atoms with Crippen molar-refractivity contribution in [3.05, 3.63) is 69.4 Å². The van der Waals surface area contributed by atoms with Crippen molar-refractivity contribution in [2.45, 2.75) is 6.54 Å². The third-order valence-corrected chi connectivity index (χ3v) is 5.50. The number of anilines is 1. The first-order valence-corrected chi connectivity index (χ1v) is 9.76. The molecule has 1 aromatic heterocycles. The number of piperazine rings is 1. The van der Waals surface area contributed by atoms with E-state index < -0.39 is 0 Å². The Morgan fingerprint density at radius 1 is 1.17 bits per heavy atom. The van der Waals surface area contributed by atoms with E-state index in [0.717, 1.165) is 30.9 Å². The van der Waals surface area contributed by atoms with Crippen molar-refractivity contribution < 1.29 is 9.66 Å². The monoisotopic (exact) mass is 412 g/mol. The number of nitro groups is 1. The normalized spacial score (nSPS) is 14.9. The molecule has 29 heavy (non-hydrogen) atoms. The molecule has 2 aromatic carbocycles. The smallest absolute Gasteiger partial charge is 0.301 e. The van der Waals surface area contributed by atoms with Gasteiger partial charge in [0.25, 0.3) is 0 Å². The second kappa shape index (κ2) is 8.23. The van der Waals surface area contributed by atoms with Crippen molar-refractivity contribution in [3.63, 3.8) is 0 Å². The largest absolute Gasteiger partial charge is 0.496 e. The first-order valence-electron chi connectivity index (χ1n) is 9.38. The summed E-state index contributed by atoms with van der Waals surface area (Å²) in [4.78, 5) is 20.1. The lowest BCUT2D eigenvalue weighted by Crippen LogP contribution is -2.46. The Morgan fingerprint density at radius 3 is 2.69 bits per heavy atom. The molecule has 0 N–H and O–H groups in total. The van der Waals surface area contributed by atoms with E-state index in [4.69, 9.17) is 16.3 Å². The minimum absolute atomic E-state index is 0.126. The summed E-state index contributed by atoms with van der Waals surface area (Å²) in [6.45, 7) is 3.71. The molecule has 3 aromatic rings. The number of rotatable bonds is 5. The Labute approximate surface area is 173 Å². The molecule has 1 fully saturated rings. The van der Waals surface area contributed by atoms with E-state index >= 15 is 0 Å². The molecule has 4 rings (SSSR count). The molecule has 150 valence electrons. The Kier molecular flexibility index (Phi) is 5.51. The first-order chi connectivity index (χ1) is 14.1. The van der Waals surface area contributed by atoms with Gasteiger partial charge in [-0.15, -0.1) is 0 Å². The molecule has 2 heterocycles. The fourth-order valence-corrected chi connectivity index (χ4v) is 4.03. The van der Waals surface area contributed by atoms with Gasteiger partial charge in [-0.1, -0.05) is 11.6 Å². The molecule has 7 nitrogen and oxygen atoms in total. The molecule has 0 radical (unpaired) electrons. The Morgan fingerprint density at radius 2 is 1.97 bits per heavy atom. The molecular weight excluding hydrogens is 392 g/mol. The van der Waals surface area contributed by atoms with Crippen LogP contribution in [0.2, 0.25) is 5.02 Å². The van der Waals surface area contributed by atoms with Gasteiger partial charge >= 0.3 is 5.69 Å². The summed E-state index contributed by atoms with van der Waals surface area (Å²) in [6.07, 6.45) is 1.65. The number of hydrogen-bond acceptors (Lipinski definition) is 6. The van der Waals surface area contributed by atoms with Gasteiger partial charge in [-0.2, -0.15) is 0 Å². The molecule has 8 heteroatoms. The second-order valence-electron chi connectivity index (χ2n) is 6.98. The van der Waals surface area contributed by atoms with Crippen LogP contribution in [0.15, 0.2) is 48.7 Å². The SMILES string of the molecule is COc1ccc(Cl)cc1CN1CCN(c2ccc3ncccc3c2[N+](=O)[O-])CC1. The third kappa shape index (κ3) is 3.97. The quantitative estimate of drug-likeness (QED) is 0.463. The summed E-state index contributed by atoms with van der Waals surface area (Å²) < 4.78 is 5.44. The van der Waals surface area contributed by atoms with E-state index in [0.29, 0.717) is 34.7 Å². The molecule has 0 unspecified atom stereocenters. The molecule has 0 spiro atoms. The van der Waals surface area contributed by atoms with Crippen LogP contribution in [0.3, 0.4) is 0 Å². The van der Waals surface area contributed by atoms with Gasteiger partial charge in [-0.05, 0) is 42.5 Å². The summed E-state index contributed by atoms with van der Waals surface area (Å²) in [7, 11) is 1.65. The number of fused-ring (bicyclic) bond motifs is 1. The van der Waals surface area contributed by atoms with Crippen molar-refractivity contribution in [1.82, 2.24) is 9.88 Å². The summed E-state index contributed by atoms with van der Waals surface area (Å²) in [5.74, 6) is 0.814. The van der Waals surface area contributed by atoms with E-state index in [-0.39, 0.29) is 10.6 Å². The van der Waals surface area contributed by atoms with E-state index in [1.165, 1.54) is 0 Å². The predicted molar refractivity (Wildman–Crippen MR) is 114 cm³/mol. The van der Waals surface area contributed by atoms with E-state index in [1.54, 1.807) is 25.4 Å². The molecule has 0 saturated carbocycles. The summed E-state index contributed by atoms with van der Waals surface area (Å²) in [5, 5.41) is 13.1. The van der Waals surface area contributed by atoms with Crippen LogP contribution in [-0.4, -0.2) is 48.1 Å². The average Bonchev–Trinajstić information content (AvgIpc) is 2.73. The Balaban J connectivity index is 1.53. The van der Waals surface area contributed by atoms with Gasteiger partial charge in [0.05, 0.1) is 22.9 Å². The number of aromatic nitrogens is 1. The summed E-state index contributed by atoms with van der Waals surface area (Å²) >= 11 is 6.14. The van der Waals surface area contributed by atoms with Gasteiger partial charge in [0, 0.05) is 49.5 Å². The van der Waals surface area contributed by atoms with Crippen LogP contribution in [0.25, 0.3) is 10.9 Å². The topological polar surface area (TPSA) is 71.7 Å². The number of nitrogens with zero attached hydrogens (tertiary/aromatic N) is 4. The van der Waals surface area contributed by atoms with Gasteiger partial charge in [-0.25, -0.2) is 0 Å². The van der Waals surface area contributed by atoms with Crippen LogP contribution in [0.4, 0.5) is 11.4 Å². The summed E-state index contributed by atoms with van der Waals surface area (Å²) in [5.41, 5.74) is 2.45. The van der Waals surface area contributed by atoms with Crippen LogP contribution in [0.5, 0.6) is 5.75 Å². The van der Waals surface area contributed by atoms with E-state index in [1.807, 2.05) is 30.3 Å². The number of hydrogen-bond donors (Lipinski definition) is 0. The van der Waals surface area contributed by atoms with Gasteiger partial charge < -0.3 is 9.64 Å². The van der Waals surface area contributed by atoms with E-state index in [9.17, 15) is 10.1 Å².